The second-order valence-electron chi connectivity index (χ2n) is 5.66. The van der Waals surface area contributed by atoms with Gasteiger partial charge in [0, 0.05) is 18.4 Å². The fourth-order valence-electron chi connectivity index (χ4n) is 2.34. The second-order valence-corrected chi connectivity index (χ2v) is 5.66. The highest BCUT2D eigenvalue weighted by atomic mass is 16.7. The first-order chi connectivity index (χ1) is 9.06. The van der Waals surface area contributed by atoms with Crippen molar-refractivity contribution in [3.8, 4) is 5.75 Å². The van der Waals surface area contributed by atoms with Crippen molar-refractivity contribution in [3.63, 3.8) is 0 Å². The molecule has 1 aromatic carbocycles. The van der Waals surface area contributed by atoms with Crippen LogP contribution in [0.25, 0.3) is 0 Å². The lowest BCUT2D eigenvalue weighted by Gasteiger charge is -2.44. The van der Waals surface area contributed by atoms with Crippen LogP contribution in [0.15, 0.2) is 24.3 Å². The van der Waals surface area contributed by atoms with Gasteiger partial charge in [0.15, 0.2) is 6.29 Å². The summed E-state index contributed by atoms with van der Waals surface area (Å²) in [6, 6.07) is 8.16. The first kappa shape index (κ1) is 14.4. The van der Waals surface area contributed by atoms with Gasteiger partial charge >= 0.3 is 0 Å². The smallest absolute Gasteiger partial charge is 0.199 e. The van der Waals surface area contributed by atoms with Crippen LogP contribution in [0.4, 0.5) is 0 Å². The summed E-state index contributed by atoms with van der Waals surface area (Å²) in [5.74, 6) is 0.848. The largest absolute Gasteiger partial charge is 0.465 e. The molecule has 0 N–H and O–H groups in total. The van der Waals surface area contributed by atoms with E-state index in [0.29, 0.717) is 6.61 Å². The Kier molecular flexibility index (Phi) is 4.48. The molecule has 3 nitrogen and oxygen atoms in total. The Bertz CT molecular complexity index is 397. The van der Waals surface area contributed by atoms with E-state index in [-0.39, 0.29) is 17.8 Å². The minimum absolute atomic E-state index is 0.160. The number of hydrogen-bond donors (Lipinski definition) is 0. The third-order valence-electron chi connectivity index (χ3n) is 3.47. The Labute approximate surface area is 115 Å². The average Bonchev–Trinajstić information content (AvgIpc) is 2.39. The van der Waals surface area contributed by atoms with Crippen LogP contribution >= 0.6 is 0 Å². The molecule has 1 heterocycles. The molecular weight excluding hydrogens is 240 g/mol. The van der Waals surface area contributed by atoms with Crippen molar-refractivity contribution in [3.05, 3.63) is 29.8 Å². The molecule has 0 aromatic heterocycles. The third kappa shape index (κ3) is 3.28. The fraction of sp³-hybridized carbons (Fsp3) is 0.625. The molecule has 106 valence electrons. The zero-order valence-corrected chi connectivity index (χ0v) is 12.3. The Morgan fingerprint density at radius 3 is 2.37 bits per heavy atom. The maximum Gasteiger partial charge on any atom is 0.199 e. The SMILES string of the molecule is CCOC(CC)Oc1ccc(C2OCC2(C)C)cc1. The van der Waals surface area contributed by atoms with Gasteiger partial charge in [-0.15, -0.1) is 0 Å². The molecule has 2 unspecified atom stereocenters. The molecule has 0 amide bonds. The van der Waals surface area contributed by atoms with Crippen molar-refractivity contribution in [1.29, 1.82) is 0 Å². The predicted molar refractivity (Wildman–Crippen MR) is 75.2 cm³/mol. The van der Waals surface area contributed by atoms with Gasteiger partial charge in [0.25, 0.3) is 0 Å². The molecule has 1 aliphatic rings. The topological polar surface area (TPSA) is 27.7 Å². The standard InChI is InChI=1S/C16H24O3/c1-5-14(17-6-2)19-13-9-7-12(8-10-13)15-16(3,4)11-18-15/h7-10,14-15H,5-6,11H2,1-4H3. The summed E-state index contributed by atoms with van der Waals surface area (Å²) in [7, 11) is 0. The van der Waals surface area contributed by atoms with E-state index < -0.39 is 0 Å². The molecule has 1 fully saturated rings. The van der Waals surface area contributed by atoms with Crippen molar-refractivity contribution < 1.29 is 14.2 Å². The highest BCUT2D eigenvalue weighted by molar-refractivity contribution is 5.30. The monoisotopic (exact) mass is 264 g/mol. The summed E-state index contributed by atoms with van der Waals surface area (Å²) in [6.45, 7) is 9.99. The highest BCUT2D eigenvalue weighted by Crippen LogP contribution is 2.45. The van der Waals surface area contributed by atoms with E-state index in [9.17, 15) is 0 Å². The van der Waals surface area contributed by atoms with Crippen molar-refractivity contribution >= 4 is 0 Å². The zero-order valence-electron chi connectivity index (χ0n) is 12.3. The number of rotatable bonds is 6. The molecule has 1 saturated heterocycles. The van der Waals surface area contributed by atoms with Crippen molar-refractivity contribution in [1.82, 2.24) is 0 Å². The third-order valence-corrected chi connectivity index (χ3v) is 3.47. The lowest BCUT2D eigenvalue weighted by atomic mass is 9.79. The van der Waals surface area contributed by atoms with Crippen molar-refractivity contribution in [2.24, 2.45) is 5.41 Å². The molecule has 2 rings (SSSR count). The van der Waals surface area contributed by atoms with Crippen LogP contribution < -0.4 is 4.74 Å². The summed E-state index contributed by atoms with van der Waals surface area (Å²) in [6.07, 6.45) is 0.886. The van der Waals surface area contributed by atoms with Crippen LogP contribution in [0.5, 0.6) is 5.75 Å². The van der Waals surface area contributed by atoms with Crippen LogP contribution in [0.2, 0.25) is 0 Å². The summed E-state index contributed by atoms with van der Waals surface area (Å²) in [5.41, 5.74) is 1.45. The van der Waals surface area contributed by atoms with Gasteiger partial charge in [0.05, 0.1) is 12.7 Å². The van der Waals surface area contributed by atoms with Gasteiger partial charge in [0.2, 0.25) is 0 Å². The Hall–Kier alpha value is -1.06. The van der Waals surface area contributed by atoms with E-state index in [0.717, 1.165) is 18.8 Å². The second kappa shape index (κ2) is 5.93. The minimum Gasteiger partial charge on any atom is -0.465 e. The maximum absolute atomic E-state index is 5.78. The van der Waals surface area contributed by atoms with Gasteiger partial charge in [-0.25, -0.2) is 0 Å². The fourth-order valence-corrected chi connectivity index (χ4v) is 2.34. The molecule has 1 aromatic rings. The molecule has 0 spiro atoms. The average molecular weight is 264 g/mol. The Balaban J connectivity index is 1.98. The van der Waals surface area contributed by atoms with Gasteiger partial charge in [-0.2, -0.15) is 0 Å². The van der Waals surface area contributed by atoms with Gasteiger partial charge in [0.1, 0.15) is 5.75 Å². The zero-order chi connectivity index (χ0) is 13.9. The molecule has 19 heavy (non-hydrogen) atoms. The molecule has 0 saturated carbocycles. The normalized spacial score (nSPS) is 22.6. The predicted octanol–water partition coefficient (Wildman–Crippen LogP) is 3.94. The molecule has 1 aliphatic heterocycles. The van der Waals surface area contributed by atoms with Crippen LogP contribution in [0.1, 0.15) is 45.8 Å². The van der Waals surface area contributed by atoms with E-state index >= 15 is 0 Å². The molecule has 0 aliphatic carbocycles. The molecule has 3 heteroatoms. The summed E-state index contributed by atoms with van der Waals surface area (Å²) in [4.78, 5) is 0. The van der Waals surface area contributed by atoms with Gasteiger partial charge in [-0.1, -0.05) is 32.9 Å². The van der Waals surface area contributed by atoms with E-state index in [1.165, 1.54) is 5.56 Å². The minimum atomic E-state index is -0.160. The van der Waals surface area contributed by atoms with Crippen LogP contribution in [0.3, 0.4) is 0 Å². The lowest BCUT2D eigenvalue weighted by Crippen LogP contribution is -2.40. The van der Waals surface area contributed by atoms with E-state index in [1.807, 2.05) is 19.1 Å². The van der Waals surface area contributed by atoms with Crippen LogP contribution in [-0.2, 0) is 9.47 Å². The van der Waals surface area contributed by atoms with E-state index in [4.69, 9.17) is 14.2 Å². The Morgan fingerprint density at radius 1 is 1.26 bits per heavy atom. The van der Waals surface area contributed by atoms with E-state index in [1.54, 1.807) is 0 Å². The summed E-state index contributed by atoms with van der Waals surface area (Å²) in [5, 5.41) is 0. The van der Waals surface area contributed by atoms with Crippen molar-refractivity contribution in [2.75, 3.05) is 13.2 Å². The first-order valence-corrected chi connectivity index (χ1v) is 7.06. The van der Waals surface area contributed by atoms with Crippen LogP contribution in [-0.4, -0.2) is 19.5 Å². The number of benzene rings is 1. The van der Waals surface area contributed by atoms with Gasteiger partial charge < -0.3 is 14.2 Å². The quantitative estimate of drug-likeness (QED) is 0.728. The molecule has 2 atom stereocenters. The van der Waals surface area contributed by atoms with E-state index in [2.05, 4.69) is 32.9 Å². The highest BCUT2D eigenvalue weighted by Gasteiger charge is 2.40. The van der Waals surface area contributed by atoms with Crippen molar-refractivity contribution in [2.45, 2.75) is 46.5 Å². The Morgan fingerprint density at radius 2 is 1.95 bits per heavy atom. The van der Waals surface area contributed by atoms with Gasteiger partial charge in [-0.3, -0.25) is 0 Å². The maximum atomic E-state index is 5.78. The van der Waals surface area contributed by atoms with Crippen LogP contribution in [0, 0.1) is 5.41 Å². The van der Waals surface area contributed by atoms with Gasteiger partial charge in [-0.05, 0) is 24.6 Å². The summed E-state index contributed by atoms with van der Waals surface area (Å²) >= 11 is 0. The molecule has 0 radical (unpaired) electrons. The molecule has 0 bridgehead atoms. The molecular formula is C16H24O3. The first-order valence-electron chi connectivity index (χ1n) is 7.06. The summed E-state index contributed by atoms with van der Waals surface area (Å²) < 4.78 is 16.9. The number of ether oxygens (including phenoxy) is 3. The lowest BCUT2D eigenvalue weighted by molar-refractivity contribution is -0.172. The number of hydrogen-bond acceptors (Lipinski definition) is 3.